The number of rotatable bonds is 5. The maximum absolute atomic E-state index is 12.1. The third kappa shape index (κ3) is 4.65. The van der Waals surface area contributed by atoms with Gasteiger partial charge in [0.1, 0.15) is 5.75 Å². The van der Waals surface area contributed by atoms with E-state index in [0.29, 0.717) is 0 Å². The van der Waals surface area contributed by atoms with Crippen LogP contribution in [0.25, 0.3) is 0 Å². The average molecular weight is 247 g/mol. The van der Waals surface area contributed by atoms with Crippen LogP contribution < -0.4 is 10.1 Å². The van der Waals surface area contributed by atoms with E-state index in [1.807, 2.05) is 13.8 Å². The van der Waals surface area contributed by atoms with Crippen LogP contribution in [0, 0.1) is 0 Å². The highest BCUT2D eigenvalue weighted by Crippen LogP contribution is 2.26. The molecule has 1 unspecified atom stereocenters. The van der Waals surface area contributed by atoms with Crippen molar-refractivity contribution in [2.24, 2.45) is 0 Å². The molecule has 0 heterocycles. The summed E-state index contributed by atoms with van der Waals surface area (Å²) in [7, 11) is 0. The predicted molar refractivity (Wildman–Crippen MR) is 60.1 cm³/mol. The third-order valence-corrected chi connectivity index (χ3v) is 2.29. The Morgan fingerprint density at radius 3 is 2.53 bits per heavy atom. The van der Waals surface area contributed by atoms with Crippen molar-refractivity contribution in [3.63, 3.8) is 0 Å². The van der Waals surface area contributed by atoms with Gasteiger partial charge in [0.25, 0.3) is 0 Å². The molecule has 1 aromatic rings. The first-order valence-corrected chi connectivity index (χ1v) is 5.46. The lowest BCUT2D eigenvalue weighted by Gasteiger charge is -2.18. The van der Waals surface area contributed by atoms with E-state index in [9.17, 15) is 13.2 Å². The lowest BCUT2D eigenvalue weighted by atomic mass is 10.1. The Kier molecular flexibility index (Phi) is 4.81. The van der Waals surface area contributed by atoms with Gasteiger partial charge in [0.2, 0.25) is 0 Å². The minimum atomic E-state index is -4.31. The first kappa shape index (κ1) is 13.8. The number of nitrogens with one attached hydrogen (secondary N) is 1. The molecule has 0 radical (unpaired) electrons. The Morgan fingerprint density at radius 2 is 1.94 bits per heavy atom. The first-order valence-electron chi connectivity index (χ1n) is 5.46. The molecule has 1 rings (SSSR count). The molecule has 0 aliphatic rings. The summed E-state index contributed by atoms with van der Waals surface area (Å²) in [6, 6.07) is 6.72. The van der Waals surface area contributed by atoms with Crippen LogP contribution in [0.1, 0.15) is 25.5 Å². The van der Waals surface area contributed by atoms with Gasteiger partial charge >= 0.3 is 6.18 Å². The molecule has 5 heteroatoms. The van der Waals surface area contributed by atoms with Crippen molar-refractivity contribution in [2.75, 3.05) is 13.2 Å². The molecule has 0 aliphatic carbocycles. The molecular weight excluding hydrogens is 231 g/mol. The Bertz CT molecular complexity index is 352. The third-order valence-electron chi connectivity index (χ3n) is 2.29. The number of alkyl halides is 3. The first-order chi connectivity index (χ1) is 7.94. The number of hydrogen-bond acceptors (Lipinski definition) is 2. The van der Waals surface area contributed by atoms with Gasteiger partial charge in [0, 0.05) is 11.6 Å². The largest absolute Gasteiger partial charge is 0.484 e. The second-order valence-electron chi connectivity index (χ2n) is 3.72. The molecule has 0 aromatic heterocycles. The molecular formula is C12H16F3NO. The number of benzene rings is 1. The monoisotopic (exact) mass is 247 g/mol. The van der Waals surface area contributed by atoms with Crippen LogP contribution in [0.3, 0.4) is 0 Å². The van der Waals surface area contributed by atoms with Crippen LogP contribution in [0.5, 0.6) is 5.75 Å². The average Bonchev–Trinajstić information content (AvgIpc) is 2.26. The summed E-state index contributed by atoms with van der Waals surface area (Å²) >= 11 is 0. The zero-order valence-corrected chi connectivity index (χ0v) is 9.84. The van der Waals surface area contributed by atoms with E-state index < -0.39 is 12.8 Å². The molecule has 0 aliphatic heterocycles. The summed E-state index contributed by atoms with van der Waals surface area (Å²) in [5.41, 5.74) is 0.735. The maximum atomic E-state index is 12.1. The van der Waals surface area contributed by atoms with Gasteiger partial charge in [-0.15, -0.1) is 0 Å². The van der Waals surface area contributed by atoms with Crippen molar-refractivity contribution >= 4 is 0 Å². The SMILES string of the molecule is CCNC(C)c1ccccc1OCC(F)(F)F. The fourth-order valence-corrected chi connectivity index (χ4v) is 1.55. The van der Waals surface area contributed by atoms with Gasteiger partial charge < -0.3 is 10.1 Å². The molecule has 2 nitrogen and oxygen atoms in total. The van der Waals surface area contributed by atoms with E-state index in [2.05, 4.69) is 5.32 Å². The van der Waals surface area contributed by atoms with E-state index in [1.165, 1.54) is 0 Å². The highest BCUT2D eigenvalue weighted by molar-refractivity contribution is 5.35. The maximum Gasteiger partial charge on any atom is 0.422 e. The minimum Gasteiger partial charge on any atom is -0.484 e. The topological polar surface area (TPSA) is 21.3 Å². The lowest BCUT2D eigenvalue weighted by molar-refractivity contribution is -0.153. The van der Waals surface area contributed by atoms with E-state index in [-0.39, 0.29) is 11.8 Å². The Balaban J connectivity index is 2.77. The zero-order valence-electron chi connectivity index (χ0n) is 9.84. The molecule has 0 fully saturated rings. The quantitative estimate of drug-likeness (QED) is 0.862. The van der Waals surface area contributed by atoms with Gasteiger partial charge in [0.05, 0.1) is 0 Å². The molecule has 1 atom stereocenters. The Morgan fingerprint density at radius 1 is 1.29 bits per heavy atom. The summed E-state index contributed by atoms with van der Waals surface area (Å²) in [4.78, 5) is 0. The van der Waals surface area contributed by atoms with Crippen molar-refractivity contribution < 1.29 is 17.9 Å². The van der Waals surface area contributed by atoms with E-state index in [1.54, 1.807) is 24.3 Å². The Hall–Kier alpha value is -1.23. The highest BCUT2D eigenvalue weighted by Gasteiger charge is 2.29. The molecule has 0 saturated carbocycles. The van der Waals surface area contributed by atoms with Crippen molar-refractivity contribution in [3.8, 4) is 5.75 Å². The van der Waals surface area contributed by atoms with Gasteiger partial charge in [-0.1, -0.05) is 25.1 Å². The normalized spacial score (nSPS) is 13.5. The molecule has 0 bridgehead atoms. The van der Waals surface area contributed by atoms with Crippen LogP contribution in [-0.4, -0.2) is 19.3 Å². The summed E-state index contributed by atoms with van der Waals surface area (Å²) in [6.07, 6.45) is -4.31. The van der Waals surface area contributed by atoms with E-state index >= 15 is 0 Å². The molecule has 0 amide bonds. The van der Waals surface area contributed by atoms with Gasteiger partial charge in [-0.05, 0) is 19.5 Å². The molecule has 0 spiro atoms. The highest BCUT2D eigenvalue weighted by atomic mass is 19.4. The van der Waals surface area contributed by atoms with Gasteiger partial charge in [0.15, 0.2) is 6.61 Å². The van der Waals surface area contributed by atoms with Gasteiger partial charge in [-0.3, -0.25) is 0 Å². The van der Waals surface area contributed by atoms with Crippen molar-refractivity contribution in [3.05, 3.63) is 29.8 Å². The van der Waals surface area contributed by atoms with Crippen molar-refractivity contribution in [1.82, 2.24) is 5.32 Å². The lowest BCUT2D eigenvalue weighted by Crippen LogP contribution is -2.22. The molecule has 0 saturated heterocycles. The van der Waals surface area contributed by atoms with Crippen molar-refractivity contribution in [2.45, 2.75) is 26.1 Å². The van der Waals surface area contributed by atoms with Crippen LogP contribution in [0.15, 0.2) is 24.3 Å². The number of hydrogen-bond donors (Lipinski definition) is 1. The second-order valence-corrected chi connectivity index (χ2v) is 3.72. The zero-order chi connectivity index (χ0) is 12.9. The fraction of sp³-hybridized carbons (Fsp3) is 0.500. The smallest absolute Gasteiger partial charge is 0.422 e. The molecule has 96 valence electrons. The second kappa shape index (κ2) is 5.91. The van der Waals surface area contributed by atoms with E-state index in [4.69, 9.17) is 4.74 Å². The summed E-state index contributed by atoms with van der Waals surface area (Å²) < 4.78 is 41.0. The van der Waals surface area contributed by atoms with Crippen LogP contribution in [0.2, 0.25) is 0 Å². The van der Waals surface area contributed by atoms with E-state index in [0.717, 1.165) is 12.1 Å². The van der Waals surface area contributed by atoms with Crippen molar-refractivity contribution in [1.29, 1.82) is 0 Å². The van der Waals surface area contributed by atoms with Gasteiger partial charge in [-0.2, -0.15) is 13.2 Å². The summed E-state index contributed by atoms with van der Waals surface area (Å²) in [5, 5.41) is 3.14. The molecule has 1 N–H and O–H groups in total. The summed E-state index contributed by atoms with van der Waals surface area (Å²) in [5.74, 6) is 0.276. The standard InChI is InChI=1S/C12H16F3NO/c1-3-16-9(2)10-6-4-5-7-11(10)17-8-12(13,14)15/h4-7,9,16H,3,8H2,1-2H3. The molecule has 1 aromatic carbocycles. The summed E-state index contributed by atoms with van der Waals surface area (Å²) in [6.45, 7) is 3.31. The number of halogens is 3. The predicted octanol–water partition coefficient (Wildman–Crippen LogP) is 3.30. The number of ether oxygens (including phenoxy) is 1. The Labute approximate surface area is 98.8 Å². The minimum absolute atomic E-state index is 0.0376. The number of para-hydroxylation sites is 1. The fourth-order valence-electron chi connectivity index (χ4n) is 1.55. The van der Waals surface area contributed by atoms with Crippen LogP contribution >= 0.6 is 0 Å². The van der Waals surface area contributed by atoms with Gasteiger partial charge in [-0.25, -0.2) is 0 Å². The molecule has 17 heavy (non-hydrogen) atoms. The van der Waals surface area contributed by atoms with Crippen LogP contribution in [-0.2, 0) is 0 Å². The van der Waals surface area contributed by atoms with Crippen LogP contribution in [0.4, 0.5) is 13.2 Å².